The molecule has 8 heteroatoms. The van der Waals surface area contributed by atoms with E-state index in [1.807, 2.05) is 0 Å². The fourth-order valence-corrected chi connectivity index (χ4v) is 2.45. The molecule has 6 nitrogen and oxygen atoms in total. The standard InChI is InChI=1S/C18H14ClFN4O2/c1-11-8-14(20)6-7-15(11)22-17(25)10-24-18(26)23-16(9-21-24)12-2-4-13(19)5-3-12/h2-9H,10H2,1H3,(H,22,25). The minimum absolute atomic E-state index is 0.302. The Labute approximate surface area is 153 Å². The molecule has 0 aliphatic heterocycles. The van der Waals surface area contributed by atoms with Crippen LogP contribution in [0.2, 0.25) is 5.02 Å². The van der Waals surface area contributed by atoms with Crippen LogP contribution in [-0.4, -0.2) is 20.7 Å². The number of rotatable bonds is 4. The lowest BCUT2D eigenvalue weighted by Crippen LogP contribution is -2.31. The molecule has 1 N–H and O–H groups in total. The van der Waals surface area contributed by atoms with E-state index in [1.165, 1.54) is 24.4 Å². The molecule has 0 radical (unpaired) electrons. The second kappa shape index (κ2) is 7.45. The van der Waals surface area contributed by atoms with Gasteiger partial charge in [0.15, 0.2) is 0 Å². The minimum atomic E-state index is -0.650. The maximum absolute atomic E-state index is 13.1. The minimum Gasteiger partial charge on any atom is -0.324 e. The van der Waals surface area contributed by atoms with Gasteiger partial charge in [-0.3, -0.25) is 4.79 Å². The van der Waals surface area contributed by atoms with Gasteiger partial charge in [-0.1, -0.05) is 23.7 Å². The van der Waals surface area contributed by atoms with Crippen LogP contribution in [0.4, 0.5) is 10.1 Å². The number of aromatic nitrogens is 3. The number of benzene rings is 2. The van der Waals surface area contributed by atoms with Crippen molar-refractivity contribution in [3.05, 3.63) is 75.5 Å². The van der Waals surface area contributed by atoms with Crippen molar-refractivity contribution in [1.29, 1.82) is 0 Å². The van der Waals surface area contributed by atoms with Crippen molar-refractivity contribution in [1.82, 2.24) is 14.8 Å². The number of halogens is 2. The number of hydrogen-bond donors (Lipinski definition) is 1. The van der Waals surface area contributed by atoms with E-state index in [1.54, 1.807) is 31.2 Å². The second-order valence-electron chi connectivity index (χ2n) is 5.60. The highest BCUT2D eigenvalue weighted by Gasteiger charge is 2.10. The van der Waals surface area contributed by atoms with Gasteiger partial charge in [0.2, 0.25) is 5.91 Å². The summed E-state index contributed by atoms with van der Waals surface area (Å²) in [5, 5.41) is 7.17. The number of nitrogens with zero attached hydrogens (tertiary/aromatic N) is 3. The quantitative estimate of drug-likeness (QED) is 0.763. The first kappa shape index (κ1) is 17.8. The summed E-state index contributed by atoms with van der Waals surface area (Å²) in [4.78, 5) is 28.2. The molecule has 26 heavy (non-hydrogen) atoms. The molecule has 0 spiro atoms. The van der Waals surface area contributed by atoms with Gasteiger partial charge in [0.1, 0.15) is 12.4 Å². The Morgan fingerprint density at radius 2 is 1.96 bits per heavy atom. The first-order chi connectivity index (χ1) is 12.4. The molecule has 0 fully saturated rings. The predicted octanol–water partition coefficient (Wildman–Crippen LogP) is 3.04. The van der Waals surface area contributed by atoms with Crippen LogP contribution in [-0.2, 0) is 11.3 Å². The lowest BCUT2D eigenvalue weighted by Gasteiger charge is -2.09. The molecule has 0 saturated heterocycles. The van der Waals surface area contributed by atoms with Crippen LogP contribution in [0.25, 0.3) is 11.3 Å². The van der Waals surface area contributed by atoms with E-state index in [4.69, 9.17) is 11.6 Å². The number of carbonyl (C=O) groups excluding carboxylic acids is 1. The van der Waals surface area contributed by atoms with Crippen LogP contribution in [0.1, 0.15) is 5.56 Å². The lowest BCUT2D eigenvalue weighted by molar-refractivity contribution is -0.117. The fraction of sp³-hybridized carbons (Fsp3) is 0.111. The Bertz CT molecular complexity index is 1020. The Hall–Kier alpha value is -3.06. The molecule has 0 aliphatic rings. The van der Waals surface area contributed by atoms with Gasteiger partial charge in [-0.25, -0.2) is 13.9 Å². The summed E-state index contributed by atoms with van der Waals surface area (Å²) in [6, 6.07) is 10.8. The Balaban J connectivity index is 1.74. The zero-order chi connectivity index (χ0) is 18.7. The van der Waals surface area contributed by atoms with Crippen LogP contribution in [0.3, 0.4) is 0 Å². The van der Waals surface area contributed by atoms with E-state index >= 15 is 0 Å². The topological polar surface area (TPSA) is 76.9 Å². The number of hydrogen-bond acceptors (Lipinski definition) is 4. The van der Waals surface area contributed by atoms with Crippen LogP contribution < -0.4 is 11.0 Å². The molecule has 1 heterocycles. The first-order valence-corrected chi connectivity index (χ1v) is 8.06. The van der Waals surface area contributed by atoms with E-state index in [9.17, 15) is 14.0 Å². The van der Waals surface area contributed by atoms with Crippen molar-refractivity contribution in [2.45, 2.75) is 13.5 Å². The van der Waals surface area contributed by atoms with Crippen molar-refractivity contribution in [2.75, 3.05) is 5.32 Å². The number of carbonyl (C=O) groups is 1. The van der Waals surface area contributed by atoms with Crippen molar-refractivity contribution < 1.29 is 9.18 Å². The van der Waals surface area contributed by atoms with Crippen LogP contribution >= 0.6 is 11.6 Å². The van der Waals surface area contributed by atoms with Gasteiger partial charge >= 0.3 is 5.69 Å². The molecule has 2 aromatic carbocycles. The maximum atomic E-state index is 13.1. The summed E-state index contributed by atoms with van der Waals surface area (Å²) in [5.41, 5.74) is 1.48. The predicted molar refractivity (Wildman–Crippen MR) is 96.5 cm³/mol. The largest absolute Gasteiger partial charge is 0.365 e. The highest BCUT2D eigenvalue weighted by molar-refractivity contribution is 6.30. The normalized spacial score (nSPS) is 10.6. The van der Waals surface area contributed by atoms with Crippen molar-refractivity contribution in [3.63, 3.8) is 0 Å². The number of nitrogens with one attached hydrogen (secondary N) is 1. The van der Waals surface area contributed by atoms with Crippen LogP contribution in [0, 0.1) is 12.7 Å². The van der Waals surface area contributed by atoms with Gasteiger partial charge in [-0.2, -0.15) is 10.1 Å². The summed E-state index contributed by atoms with van der Waals surface area (Å²) in [7, 11) is 0. The SMILES string of the molecule is Cc1cc(F)ccc1NC(=O)Cn1ncc(-c2ccc(Cl)cc2)nc1=O. The third-order valence-corrected chi connectivity index (χ3v) is 3.90. The molecule has 0 saturated carbocycles. The Morgan fingerprint density at radius 3 is 2.62 bits per heavy atom. The maximum Gasteiger partial charge on any atom is 0.365 e. The summed E-state index contributed by atoms with van der Waals surface area (Å²) >= 11 is 5.83. The molecule has 1 aromatic heterocycles. The van der Waals surface area contributed by atoms with Crippen molar-refractivity contribution in [3.8, 4) is 11.3 Å². The zero-order valence-electron chi connectivity index (χ0n) is 13.7. The number of amides is 1. The van der Waals surface area contributed by atoms with E-state index < -0.39 is 11.6 Å². The molecule has 1 amide bonds. The van der Waals surface area contributed by atoms with Crippen LogP contribution in [0.5, 0.6) is 0 Å². The molecular weight excluding hydrogens is 359 g/mol. The average Bonchev–Trinajstić information content (AvgIpc) is 2.60. The molecule has 0 atom stereocenters. The summed E-state index contributed by atoms with van der Waals surface area (Å²) in [5.74, 6) is -0.851. The first-order valence-electron chi connectivity index (χ1n) is 7.68. The molecule has 0 aliphatic carbocycles. The highest BCUT2D eigenvalue weighted by atomic mass is 35.5. The van der Waals surface area contributed by atoms with E-state index in [0.29, 0.717) is 27.5 Å². The third-order valence-electron chi connectivity index (χ3n) is 3.65. The number of aryl methyl sites for hydroxylation is 1. The zero-order valence-corrected chi connectivity index (χ0v) is 14.5. The van der Waals surface area contributed by atoms with Gasteiger partial charge in [0.05, 0.1) is 11.9 Å². The van der Waals surface area contributed by atoms with Gasteiger partial charge in [0, 0.05) is 16.3 Å². The second-order valence-corrected chi connectivity index (χ2v) is 6.03. The monoisotopic (exact) mass is 372 g/mol. The van der Waals surface area contributed by atoms with Crippen molar-refractivity contribution in [2.24, 2.45) is 0 Å². The van der Waals surface area contributed by atoms with E-state index in [2.05, 4.69) is 15.4 Å². The highest BCUT2D eigenvalue weighted by Crippen LogP contribution is 2.18. The van der Waals surface area contributed by atoms with Crippen LogP contribution in [0.15, 0.2) is 53.5 Å². The molecule has 3 aromatic rings. The van der Waals surface area contributed by atoms with Gasteiger partial charge in [-0.15, -0.1) is 0 Å². The molecule has 132 valence electrons. The average molecular weight is 373 g/mol. The summed E-state index contributed by atoms with van der Waals surface area (Å²) in [6.45, 7) is 1.37. The Kier molecular flexibility index (Phi) is 5.09. The third kappa shape index (κ3) is 4.12. The van der Waals surface area contributed by atoms with Gasteiger partial charge < -0.3 is 5.32 Å². The molecule has 0 bridgehead atoms. The molecule has 3 rings (SSSR count). The lowest BCUT2D eigenvalue weighted by atomic mass is 10.2. The van der Waals surface area contributed by atoms with Crippen molar-refractivity contribution >= 4 is 23.2 Å². The summed E-state index contributed by atoms with van der Waals surface area (Å²) < 4.78 is 14.1. The Morgan fingerprint density at radius 1 is 1.23 bits per heavy atom. The summed E-state index contributed by atoms with van der Waals surface area (Å²) in [6.07, 6.45) is 1.40. The van der Waals surface area contributed by atoms with E-state index in [-0.39, 0.29) is 12.4 Å². The molecule has 0 unspecified atom stereocenters. The fourth-order valence-electron chi connectivity index (χ4n) is 2.32. The van der Waals surface area contributed by atoms with E-state index in [0.717, 1.165) is 4.68 Å². The molecular formula is C18H14ClFN4O2. The van der Waals surface area contributed by atoms with Gasteiger partial charge in [-0.05, 0) is 42.8 Å². The number of anilines is 1. The van der Waals surface area contributed by atoms with Gasteiger partial charge in [0.25, 0.3) is 0 Å². The smallest absolute Gasteiger partial charge is 0.324 e.